The number of anilines is 1. The van der Waals surface area contributed by atoms with E-state index in [1.54, 1.807) is 0 Å². The van der Waals surface area contributed by atoms with Crippen LogP contribution in [0.3, 0.4) is 0 Å². The van der Waals surface area contributed by atoms with Crippen molar-refractivity contribution in [2.24, 2.45) is 5.10 Å². The third-order valence-electron chi connectivity index (χ3n) is 3.69. The lowest BCUT2D eigenvalue weighted by atomic mass is 10.0. The number of hydrogen-bond donors (Lipinski definition) is 0. The van der Waals surface area contributed by atoms with Gasteiger partial charge < -0.3 is 0 Å². The Morgan fingerprint density at radius 2 is 1.63 bits per heavy atom. The van der Waals surface area contributed by atoms with Crippen molar-refractivity contribution in [1.82, 2.24) is 0 Å². The molecule has 0 aromatic heterocycles. The number of rotatable bonds is 1. The summed E-state index contributed by atoms with van der Waals surface area (Å²) < 4.78 is 0. The zero-order valence-corrected chi connectivity index (χ0v) is 10.6. The summed E-state index contributed by atoms with van der Waals surface area (Å²) in [6.07, 6.45) is 3.02. The Hall–Kier alpha value is -2.35. The van der Waals surface area contributed by atoms with Crippen molar-refractivity contribution in [2.75, 3.05) is 11.6 Å². The summed E-state index contributed by atoms with van der Waals surface area (Å²) in [6, 6.07) is 19.5. The minimum absolute atomic E-state index is 0.978. The van der Waals surface area contributed by atoms with Crippen molar-refractivity contribution in [3.05, 3.63) is 54.6 Å². The van der Waals surface area contributed by atoms with Crippen LogP contribution in [0.2, 0.25) is 0 Å². The Labute approximate surface area is 112 Å². The van der Waals surface area contributed by atoms with Crippen molar-refractivity contribution in [3.8, 4) is 0 Å². The molecule has 92 valence electrons. The molecule has 1 heterocycles. The van der Waals surface area contributed by atoms with Gasteiger partial charge in [-0.1, -0.05) is 36.4 Å². The second-order valence-corrected chi connectivity index (χ2v) is 4.91. The van der Waals surface area contributed by atoms with Gasteiger partial charge in [-0.3, -0.25) is 5.01 Å². The molecule has 4 rings (SSSR count). The van der Waals surface area contributed by atoms with Crippen molar-refractivity contribution in [2.45, 2.75) is 6.42 Å². The van der Waals surface area contributed by atoms with E-state index in [-0.39, 0.29) is 0 Å². The van der Waals surface area contributed by atoms with E-state index in [0.29, 0.717) is 0 Å². The lowest BCUT2D eigenvalue weighted by Gasteiger charge is -2.16. The molecule has 2 nitrogen and oxygen atoms in total. The fourth-order valence-electron chi connectivity index (χ4n) is 2.75. The SMILES string of the molecule is C1=NN(c2cccc3cc4ccccc4cc23)CC1. The maximum atomic E-state index is 4.44. The summed E-state index contributed by atoms with van der Waals surface area (Å²) in [5.41, 5.74) is 1.21. The van der Waals surface area contributed by atoms with Gasteiger partial charge in [-0.15, -0.1) is 0 Å². The first-order chi connectivity index (χ1) is 9.42. The van der Waals surface area contributed by atoms with Gasteiger partial charge in [0, 0.05) is 24.6 Å². The molecule has 3 aromatic rings. The molecule has 0 atom stereocenters. The van der Waals surface area contributed by atoms with Crippen LogP contribution in [0.5, 0.6) is 0 Å². The van der Waals surface area contributed by atoms with Gasteiger partial charge in [0.05, 0.1) is 5.69 Å². The Bertz CT molecular complexity index is 789. The first kappa shape index (κ1) is 10.6. The highest BCUT2D eigenvalue weighted by Crippen LogP contribution is 2.31. The zero-order chi connectivity index (χ0) is 12.7. The number of nitrogens with zero attached hydrogens (tertiary/aromatic N) is 2. The molecule has 0 saturated carbocycles. The standard InChI is InChI=1S/C17H14N2/c1-2-6-14-12-16-15(11-13(14)5-1)7-3-8-17(16)19-10-4-9-18-19/h1-3,5-9,11-12H,4,10H2. The summed E-state index contributed by atoms with van der Waals surface area (Å²) >= 11 is 0. The Morgan fingerprint density at radius 3 is 2.42 bits per heavy atom. The Morgan fingerprint density at radius 1 is 0.842 bits per heavy atom. The number of fused-ring (bicyclic) bond motifs is 2. The smallest absolute Gasteiger partial charge is 0.0672 e. The first-order valence-electron chi connectivity index (χ1n) is 6.63. The molecule has 0 amide bonds. The molecule has 0 N–H and O–H groups in total. The van der Waals surface area contributed by atoms with Gasteiger partial charge in [0.15, 0.2) is 0 Å². The molecule has 0 radical (unpaired) electrons. The third-order valence-corrected chi connectivity index (χ3v) is 3.69. The van der Waals surface area contributed by atoms with Crippen LogP contribution in [0.4, 0.5) is 5.69 Å². The largest absolute Gasteiger partial charge is 0.265 e. The normalized spacial score (nSPS) is 14.6. The summed E-state index contributed by atoms with van der Waals surface area (Å²) in [4.78, 5) is 0. The molecule has 0 aliphatic carbocycles. The molecule has 1 aliphatic heterocycles. The molecule has 0 unspecified atom stereocenters. The fraction of sp³-hybridized carbons (Fsp3) is 0.118. The summed E-state index contributed by atoms with van der Waals surface area (Å²) in [5, 5.41) is 11.7. The molecule has 1 aliphatic rings. The van der Waals surface area contributed by atoms with Crippen LogP contribution in [0.1, 0.15) is 6.42 Å². The topological polar surface area (TPSA) is 15.6 Å². The molecule has 3 aromatic carbocycles. The maximum absolute atomic E-state index is 4.44. The molecule has 0 saturated heterocycles. The fourth-order valence-corrected chi connectivity index (χ4v) is 2.75. The van der Waals surface area contributed by atoms with Crippen molar-refractivity contribution in [1.29, 1.82) is 0 Å². The van der Waals surface area contributed by atoms with E-state index < -0.39 is 0 Å². The predicted octanol–water partition coefficient (Wildman–Crippen LogP) is 4.19. The van der Waals surface area contributed by atoms with Gasteiger partial charge in [-0.05, 0) is 34.4 Å². The van der Waals surface area contributed by atoms with Crippen LogP contribution < -0.4 is 5.01 Å². The van der Waals surface area contributed by atoms with E-state index in [1.165, 1.54) is 27.2 Å². The summed E-state index contributed by atoms with van der Waals surface area (Å²) in [6.45, 7) is 0.978. The lowest BCUT2D eigenvalue weighted by molar-refractivity contribution is 0.927. The summed E-state index contributed by atoms with van der Waals surface area (Å²) in [7, 11) is 0. The van der Waals surface area contributed by atoms with Crippen LogP contribution >= 0.6 is 0 Å². The van der Waals surface area contributed by atoms with Gasteiger partial charge >= 0.3 is 0 Å². The first-order valence-corrected chi connectivity index (χ1v) is 6.63. The Kier molecular flexibility index (Phi) is 2.27. The summed E-state index contributed by atoms with van der Waals surface area (Å²) in [5.74, 6) is 0. The van der Waals surface area contributed by atoms with Gasteiger partial charge in [0.2, 0.25) is 0 Å². The number of hydrazone groups is 1. The van der Waals surface area contributed by atoms with E-state index in [4.69, 9.17) is 0 Å². The highest BCUT2D eigenvalue weighted by Gasteiger charge is 2.12. The average Bonchev–Trinajstić information content (AvgIpc) is 2.98. The monoisotopic (exact) mass is 246 g/mol. The van der Waals surface area contributed by atoms with E-state index in [0.717, 1.165) is 13.0 Å². The van der Waals surface area contributed by atoms with Crippen LogP contribution in [0.25, 0.3) is 21.5 Å². The molecular formula is C17H14N2. The predicted molar refractivity (Wildman–Crippen MR) is 81.9 cm³/mol. The van der Waals surface area contributed by atoms with E-state index in [9.17, 15) is 0 Å². The van der Waals surface area contributed by atoms with Crippen molar-refractivity contribution >= 4 is 33.4 Å². The van der Waals surface area contributed by atoms with E-state index in [1.807, 2.05) is 6.21 Å². The minimum atomic E-state index is 0.978. The second kappa shape index (κ2) is 4.09. The van der Waals surface area contributed by atoms with Crippen LogP contribution in [0.15, 0.2) is 59.7 Å². The van der Waals surface area contributed by atoms with Gasteiger partial charge in [-0.25, -0.2) is 0 Å². The van der Waals surface area contributed by atoms with Crippen molar-refractivity contribution < 1.29 is 0 Å². The van der Waals surface area contributed by atoms with Gasteiger partial charge in [0.1, 0.15) is 0 Å². The molecule has 0 bridgehead atoms. The number of benzene rings is 3. The third kappa shape index (κ3) is 1.68. The molecule has 2 heteroatoms. The zero-order valence-electron chi connectivity index (χ0n) is 10.6. The van der Waals surface area contributed by atoms with Gasteiger partial charge in [-0.2, -0.15) is 5.10 Å². The quantitative estimate of drug-likeness (QED) is 0.588. The van der Waals surface area contributed by atoms with Crippen LogP contribution in [-0.4, -0.2) is 12.8 Å². The molecule has 0 spiro atoms. The van der Waals surface area contributed by atoms with E-state index in [2.05, 4.69) is 64.7 Å². The minimum Gasteiger partial charge on any atom is -0.265 e. The van der Waals surface area contributed by atoms with Crippen molar-refractivity contribution in [3.63, 3.8) is 0 Å². The highest BCUT2D eigenvalue weighted by molar-refractivity contribution is 6.04. The number of hydrogen-bond acceptors (Lipinski definition) is 2. The Balaban J connectivity index is 2.03. The van der Waals surface area contributed by atoms with Crippen LogP contribution in [-0.2, 0) is 0 Å². The average molecular weight is 246 g/mol. The van der Waals surface area contributed by atoms with Gasteiger partial charge in [0.25, 0.3) is 0 Å². The second-order valence-electron chi connectivity index (χ2n) is 4.91. The highest BCUT2D eigenvalue weighted by atomic mass is 15.5. The van der Waals surface area contributed by atoms with E-state index >= 15 is 0 Å². The maximum Gasteiger partial charge on any atom is 0.0672 e. The molecular weight excluding hydrogens is 232 g/mol. The lowest BCUT2D eigenvalue weighted by Crippen LogP contribution is -2.12. The molecule has 0 fully saturated rings. The van der Waals surface area contributed by atoms with Crippen LogP contribution in [0, 0.1) is 0 Å². The molecule has 19 heavy (non-hydrogen) atoms.